The molecule has 0 saturated carbocycles. The second-order valence-electron chi connectivity index (χ2n) is 6.33. The summed E-state index contributed by atoms with van der Waals surface area (Å²) in [7, 11) is 2.48. The van der Waals surface area contributed by atoms with E-state index >= 15 is 0 Å². The average molecular weight is 357 g/mol. The summed E-state index contributed by atoms with van der Waals surface area (Å²) in [5.74, 6) is -2.28. The fourth-order valence-electron chi connectivity index (χ4n) is 2.72. The van der Waals surface area contributed by atoms with E-state index in [0.29, 0.717) is 19.4 Å². The van der Waals surface area contributed by atoms with E-state index in [2.05, 4.69) is 10.1 Å². The zero-order valence-electron chi connectivity index (χ0n) is 15.1. The van der Waals surface area contributed by atoms with Crippen molar-refractivity contribution < 1.29 is 28.7 Å². The Bertz CT molecular complexity index is 522. The van der Waals surface area contributed by atoms with Crippen molar-refractivity contribution in [3.8, 4) is 0 Å². The molecule has 25 heavy (non-hydrogen) atoms. The Hall–Kier alpha value is -2.16. The van der Waals surface area contributed by atoms with Gasteiger partial charge in [0.05, 0.1) is 26.7 Å². The van der Waals surface area contributed by atoms with Gasteiger partial charge in [0.15, 0.2) is 0 Å². The largest absolute Gasteiger partial charge is 0.469 e. The van der Waals surface area contributed by atoms with Crippen LogP contribution >= 0.6 is 0 Å². The lowest BCUT2D eigenvalue weighted by atomic mass is 10.0. The second kappa shape index (κ2) is 9.36. The van der Waals surface area contributed by atoms with Gasteiger partial charge in [0.2, 0.25) is 11.8 Å². The van der Waals surface area contributed by atoms with E-state index in [-0.39, 0.29) is 18.2 Å². The Balaban J connectivity index is 2.82. The minimum Gasteiger partial charge on any atom is -0.469 e. The van der Waals surface area contributed by atoms with E-state index in [1.807, 2.05) is 0 Å². The van der Waals surface area contributed by atoms with Crippen LogP contribution in [0.4, 0.5) is 0 Å². The van der Waals surface area contributed by atoms with Crippen LogP contribution in [0.2, 0.25) is 0 Å². The molecule has 0 aliphatic carbocycles. The van der Waals surface area contributed by atoms with Gasteiger partial charge in [-0.15, -0.1) is 0 Å². The molecule has 1 fully saturated rings. The van der Waals surface area contributed by atoms with Crippen LogP contribution in [0.5, 0.6) is 0 Å². The van der Waals surface area contributed by atoms with Crippen molar-refractivity contribution >= 4 is 23.8 Å². The number of methoxy groups -OCH3 is 2. The lowest BCUT2D eigenvalue weighted by Gasteiger charge is -2.30. The Morgan fingerprint density at radius 2 is 1.84 bits per heavy atom. The number of ether oxygens (including phenoxy) is 2. The number of rotatable bonds is 7. The van der Waals surface area contributed by atoms with Gasteiger partial charge in [-0.1, -0.05) is 13.8 Å². The quantitative estimate of drug-likeness (QED) is 0.570. The molecule has 1 heterocycles. The van der Waals surface area contributed by atoms with Crippen molar-refractivity contribution in [1.29, 1.82) is 0 Å². The SMILES string of the molecule is COC(=O)C[C@H](N)C(=O)N[C@H](C(=O)N1CCC[C@H]1C(=O)OC)C(C)C. The van der Waals surface area contributed by atoms with Crippen molar-refractivity contribution in [2.45, 2.75) is 51.2 Å². The summed E-state index contributed by atoms with van der Waals surface area (Å²) in [5.41, 5.74) is 5.68. The molecule has 9 heteroatoms. The number of carbonyl (C=O) groups excluding carboxylic acids is 4. The third kappa shape index (κ3) is 5.42. The summed E-state index contributed by atoms with van der Waals surface area (Å²) in [6.07, 6.45) is 0.932. The number of nitrogens with two attached hydrogens (primary N) is 1. The number of hydrogen-bond donors (Lipinski definition) is 2. The molecule has 1 aliphatic heterocycles. The Morgan fingerprint density at radius 1 is 1.20 bits per heavy atom. The minimum absolute atomic E-state index is 0.222. The van der Waals surface area contributed by atoms with Crippen molar-refractivity contribution in [3.63, 3.8) is 0 Å². The number of nitrogens with zero attached hydrogens (tertiary/aromatic N) is 1. The van der Waals surface area contributed by atoms with Crippen LogP contribution in [0.1, 0.15) is 33.1 Å². The summed E-state index contributed by atoms with van der Waals surface area (Å²) in [6, 6.07) is -2.60. The third-order valence-corrected chi connectivity index (χ3v) is 4.19. The molecule has 142 valence electrons. The van der Waals surface area contributed by atoms with Crippen LogP contribution in [0, 0.1) is 5.92 Å². The molecule has 0 unspecified atom stereocenters. The molecule has 2 amide bonds. The zero-order valence-corrected chi connectivity index (χ0v) is 15.1. The molecule has 1 saturated heterocycles. The Labute approximate surface area is 147 Å². The van der Waals surface area contributed by atoms with Gasteiger partial charge >= 0.3 is 11.9 Å². The van der Waals surface area contributed by atoms with E-state index in [1.165, 1.54) is 19.1 Å². The van der Waals surface area contributed by atoms with Crippen LogP contribution in [-0.2, 0) is 28.7 Å². The topological polar surface area (TPSA) is 128 Å². The van der Waals surface area contributed by atoms with Crippen LogP contribution in [0.15, 0.2) is 0 Å². The first-order valence-corrected chi connectivity index (χ1v) is 8.24. The molecule has 0 radical (unpaired) electrons. The van der Waals surface area contributed by atoms with Gasteiger partial charge in [-0.2, -0.15) is 0 Å². The van der Waals surface area contributed by atoms with Crippen molar-refractivity contribution in [1.82, 2.24) is 10.2 Å². The van der Waals surface area contributed by atoms with Gasteiger partial charge < -0.3 is 25.4 Å². The number of nitrogens with one attached hydrogen (secondary N) is 1. The zero-order chi connectivity index (χ0) is 19.1. The fourth-order valence-corrected chi connectivity index (χ4v) is 2.72. The summed E-state index contributed by atoms with van der Waals surface area (Å²) in [4.78, 5) is 49.5. The van der Waals surface area contributed by atoms with E-state index in [9.17, 15) is 19.2 Å². The van der Waals surface area contributed by atoms with E-state index < -0.39 is 36.0 Å². The second-order valence-corrected chi connectivity index (χ2v) is 6.33. The highest BCUT2D eigenvalue weighted by atomic mass is 16.5. The monoisotopic (exact) mass is 357 g/mol. The first-order chi connectivity index (χ1) is 11.7. The lowest BCUT2D eigenvalue weighted by molar-refractivity contribution is -0.152. The van der Waals surface area contributed by atoms with E-state index in [4.69, 9.17) is 10.5 Å². The molecule has 0 aromatic rings. The van der Waals surface area contributed by atoms with Gasteiger partial charge in [-0.05, 0) is 18.8 Å². The predicted octanol–water partition coefficient (Wildman–Crippen LogP) is -0.818. The molecular formula is C16H27N3O6. The number of amides is 2. The molecular weight excluding hydrogens is 330 g/mol. The maximum atomic E-state index is 12.8. The molecule has 9 nitrogen and oxygen atoms in total. The van der Waals surface area contributed by atoms with Gasteiger partial charge in [-0.25, -0.2) is 4.79 Å². The van der Waals surface area contributed by atoms with Crippen LogP contribution in [-0.4, -0.2) is 67.5 Å². The molecule has 1 aliphatic rings. The maximum absolute atomic E-state index is 12.8. The summed E-state index contributed by atoms with van der Waals surface area (Å²) in [5, 5.41) is 2.58. The Morgan fingerprint density at radius 3 is 2.36 bits per heavy atom. The Kier molecular flexibility index (Phi) is 7.82. The molecule has 3 N–H and O–H groups in total. The number of likely N-dealkylation sites (tertiary alicyclic amines) is 1. The van der Waals surface area contributed by atoms with Crippen LogP contribution in [0.3, 0.4) is 0 Å². The van der Waals surface area contributed by atoms with Crippen molar-refractivity contribution in [3.05, 3.63) is 0 Å². The predicted molar refractivity (Wildman–Crippen MR) is 88.1 cm³/mol. The van der Waals surface area contributed by atoms with Gasteiger partial charge in [0, 0.05) is 6.54 Å². The standard InChI is InChI=1S/C16H27N3O6/c1-9(2)13(18-14(21)10(17)8-12(20)24-3)15(22)19-7-5-6-11(19)16(23)25-4/h9-11,13H,5-8,17H2,1-4H3,(H,18,21)/t10-,11-,13-/m0/s1. The average Bonchev–Trinajstić information content (AvgIpc) is 3.07. The van der Waals surface area contributed by atoms with Crippen molar-refractivity contribution in [2.24, 2.45) is 11.7 Å². The fraction of sp³-hybridized carbons (Fsp3) is 0.750. The van der Waals surface area contributed by atoms with E-state index in [1.54, 1.807) is 13.8 Å². The third-order valence-electron chi connectivity index (χ3n) is 4.19. The molecule has 1 rings (SSSR count). The molecule has 0 aromatic carbocycles. The maximum Gasteiger partial charge on any atom is 0.328 e. The number of hydrogen-bond acceptors (Lipinski definition) is 7. The number of carbonyl (C=O) groups is 4. The smallest absolute Gasteiger partial charge is 0.328 e. The van der Waals surface area contributed by atoms with Gasteiger partial charge in [-0.3, -0.25) is 14.4 Å². The van der Waals surface area contributed by atoms with Crippen LogP contribution in [0.25, 0.3) is 0 Å². The highest BCUT2D eigenvalue weighted by Gasteiger charge is 2.39. The minimum atomic E-state index is -1.11. The molecule has 0 aromatic heterocycles. The molecule has 3 atom stereocenters. The van der Waals surface area contributed by atoms with Gasteiger partial charge in [0.25, 0.3) is 0 Å². The van der Waals surface area contributed by atoms with Gasteiger partial charge in [0.1, 0.15) is 12.1 Å². The summed E-state index contributed by atoms with van der Waals surface area (Å²) >= 11 is 0. The normalized spacial score (nSPS) is 19.3. The highest BCUT2D eigenvalue weighted by molar-refractivity contribution is 5.93. The summed E-state index contributed by atoms with van der Waals surface area (Å²) < 4.78 is 9.22. The lowest BCUT2D eigenvalue weighted by Crippen LogP contribution is -2.56. The molecule has 0 spiro atoms. The van der Waals surface area contributed by atoms with Crippen molar-refractivity contribution in [2.75, 3.05) is 20.8 Å². The van der Waals surface area contributed by atoms with Crippen LogP contribution < -0.4 is 11.1 Å². The molecule has 0 bridgehead atoms. The number of esters is 2. The first-order valence-electron chi connectivity index (χ1n) is 8.24. The highest BCUT2D eigenvalue weighted by Crippen LogP contribution is 2.21. The van der Waals surface area contributed by atoms with E-state index in [0.717, 1.165) is 0 Å². The first kappa shape index (κ1) is 20.9. The summed E-state index contributed by atoms with van der Waals surface area (Å²) in [6.45, 7) is 3.97.